The van der Waals surface area contributed by atoms with Crippen molar-refractivity contribution >= 4 is 0 Å². The molecule has 1 aromatic rings. The highest BCUT2D eigenvalue weighted by Crippen LogP contribution is 2.27. The summed E-state index contributed by atoms with van der Waals surface area (Å²) in [5.41, 5.74) is 8.33. The van der Waals surface area contributed by atoms with Crippen molar-refractivity contribution in [3.63, 3.8) is 0 Å². The molecular weight excluding hydrogens is 177 g/mol. The molecule has 76 valence electrons. The molecule has 0 amide bonds. The van der Waals surface area contributed by atoms with Gasteiger partial charge in [-0.25, -0.2) is 4.39 Å². The van der Waals surface area contributed by atoms with Gasteiger partial charge in [-0.2, -0.15) is 0 Å². The molecule has 1 aliphatic rings. The molecule has 0 radical (unpaired) electrons. The maximum atomic E-state index is 12.9. The first-order valence-electron chi connectivity index (χ1n) is 5.19. The molecule has 1 nitrogen and oxygen atoms in total. The minimum Gasteiger partial charge on any atom is -0.328 e. The summed E-state index contributed by atoms with van der Waals surface area (Å²) in [6, 6.07) is 5.35. The Kier molecular flexibility index (Phi) is 2.55. The zero-order valence-corrected chi connectivity index (χ0v) is 8.46. The first kappa shape index (κ1) is 9.66. The average molecular weight is 193 g/mol. The molecule has 0 bridgehead atoms. The molecule has 0 aromatic heterocycles. The van der Waals surface area contributed by atoms with E-state index in [-0.39, 0.29) is 11.9 Å². The van der Waals surface area contributed by atoms with Crippen LogP contribution >= 0.6 is 0 Å². The fraction of sp³-hybridized carbons (Fsp3) is 0.500. The van der Waals surface area contributed by atoms with Crippen molar-refractivity contribution in [2.45, 2.75) is 32.2 Å². The number of hydrogen-bond acceptors (Lipinski definition) is 1. The van der Waals surface area contributed by atoms with Gasteiger partial charge in [-0.15, -0.1) is 0 Å². The van der Waals surface area contributed by atoms with E-state index >= 15 is 0 Å². The van der Waals surface area contributed by atoms with Gasteiger partial charge in [0.25, 0.3) is 0 Å². The Labute approximate surface area is 84.1 Å². The monoisotopic (exact) mass is 193 g/mol. The van der Waals surface area contributed by atoms with E-state index in [4.69, 9.17) is 5.73 Å². The second-order valence-corrected chi connectivity index (χ2v) is 4.28. The zero-order chi connectivity index (χ0) is 10.1. The molecule has 2 heteroatoms. The molecule has 2 unspecified atom stereocenters. The molecule has 2 N–H and O–H groups in total. The van der Waals surface area contributed by atoms with Crippen LogP contribution in [0.2, 0.25) is 0 Å². The molecule has 1 aliphatic carbocycles. The van der Waals surface area contributed by atoms with Crippen LogP contribution in [-0.4, -0.2) is 6.04 Å². The van der Waals surface area contributed by atoms with E-state index in [2.05, 4.69) is 6.92 Å². The Bertz CT molecular complexity index is 333. The number of rotatable bonds is 1. The molecular formula is C12H16FN. The number of halogens is 1. The van der Waals surface area contributed by atoms with Gasteiger partial charge in [-0.05, 0) is 55.4 Å². The van der Waals surface area contributed by atoms with Gasteiger partial charge in [0.1, 0.15) is 5.82 Å². The first-order valence-corrected chi connectivity index (χ1v) is 5.19. The Hall–Kier alpha value is -0.890. The molecule has 0 fully saturated rings. The summed E-state index contributed by atoms with van der Waals surface area (Å²) in [6.07, 6.45) is 3.07. The zero-order valence-electron chi connectivity index (χ0n) is 8.46. The Morgan fingerprint density at radius 2 is 2.21 bits per heavy atom. The molecule has 0 saturated carbocycles. The van der Waals surface area contributed by atoms with Crippen molar-refractivity contribution in [2.24, 2.45) is 11.7 Å². The highest BCUT2D eigenvalue weighted by molar-refractivity contribution is 5.30. The number of fused-ring (bicyclic) bond motifs is 1. The van der Waals surface area contributed by atoms with E-state index in [1.165, 1.54) is 11.1 Å². The summed E-state index contributed by atoms with van der Waals surface area (Å²) >= 11 is 0. The lowest BCUT2D eigenvalue weighted by Crippen LogP contribution is -2.31. The van der Waals surface area contributed by atoms with Crippen molar-refractivity contribution in [1.29, 1.82) is 0 Å². The van der Waals surface area contributed by atoms with Crippen LogP contribution in [0.5, 0.6) is 0 Å². The first-order chi connectivity index (χ1) is 6.66. The predicted molar refractivity (Wildman–Crippen MR) is 55.6 cm³/mol. The van der Waals surface area contributed by atoms with Crippen LogP contribution in [0.3, 0.4) is 0 Å². The number of benzene rings is 1. The lowest BCUT2D eigenvalue weighted by atomic mass is 9.81. The van der Waals surface area contributed by atoms with Gasteiger partial charge in [0.05, 0.1) is 0 Å². The largest absolute Gasteiger partial charge is 0.328 e. The van der Waals surface area contributed by atoms with Gasteiger partial charge in [0.2, 0.25) is 0 Å². The summed E-state index contributed by atoms with van der Waals surface area (Å²) in [7, 11) is 0. The highest BCUT2D eigenvalue weighted by atomic mass is 19.1. The van der Waals surface area contributed by atoms with Gasteiger partial charge in [0, 0.05) is 6.04 Å². The lowest BCUT2D eigenvalue weighted by molar-refractivity contribution is 0.392. The molecule has 0 aliphatic heterocycles. The van der Waals surface area contributed by atoms with Gasteiger partial charge in [-0.1, -0.05) is 6.07 Å². The Balaban J connectivity index is 2.23. The maximum Gasteiger partial charge on any atom is 0.123 e. The quantitative estimate of drug-likeness (QED) is 0.727. The van der Waals surface area contributed by atoms with Crippen molar-refractivity contribution < 1.29 is 4.39 Å². The molecule has 1 aromatic carbocycles. The normalized spacial score (nSPS) is 22.9. The SMILES string of the molecule is CC(N)C1CCc2cc(F)ccc2C1. The number of nitrogens with two attached hydrogens (primary N) is 1. The third-order valence-corrected chi connectivity index (χ3v) is 3.18. The van der Waals surface area contributed by atoms with Crippen molar-refractivity contribution in [3.05, 3.63) is 35.1 Å². The molecule has 0 spiro atoms. The van der Waals surface area contributed by atoms with Gasteiger partial charge < -0.3 is 5.73 Å². The second kappa shape index (κ2) is 3.70. The minimum absolute atomic E-state index is 0.122. The summed E-state index contributed by atoms with van der Waals surface area (Å²) in [6.45, 7) is 2.05. The second-order valence-electron chi connectivity index (χ2n) is 4.28. The summed E-state index contributed by atoms with van der Waals surface area (Å²) in [4.78, 5) is 0. The standard InChI is InChI=1S/C12H16FN/c1-8(14)9-2-3-11-7-12(13)5-4-10(11)6-9/h4-5,7-9H,2-3,6,14H2,1H3. The third-order valence-electron chi connectivity index (χ3n) is 3.18. The summed E-state index contributed by atoms with van der Waals surface area (Å²) in [5.74, 6) is 0.441. The smallest absolute Gasteiger partial charge is 0.123 e. The van der Waals surface area contributed by atoms with Crippen LogP contribution in [0, 0.1) is 11.7 Å². The molecule has 0 saturated heterocycles. The molecule has 2 atom stereocenters. The van der Waals surface area contributed by atoms with Crippen molar-refractivity contribution in [1.82, 2.24) is 0 Å². The fourth-order valence-corrected chi connectivity index (χ4v) is 2.20. The van der Waals surface area contributed by atoms with Crippen LogP contribution in [0.1, 0.15) is 24.5 Å². The molecule has 2 rings (SSSR count). The van der Waals surface area contributed by atoms with Gasteiger partial charge >= 0.3 is 0 Å². The number of aryl methyl sites for hydroxylation is 1. The molecule has 0 heterocycles. The average Bonchev–Trinajstić information content (AvgIpc) is 2.16. The van der Waals surface area contributed by atoms with E-state index in [0.29, 0.717) is 5.92 Å². The Morgan fingerprint density at radius 1 is 1.43 bits per heavy atom. The van der Waals surface area contributed by atoms with Crippen LogP contribution in [-0.2, 0) is 12.8 Å². The van der Waals surface area contributed by atoms with E-state index < -0.39 is 0 Å². The topological polar surface area (TPSA) is 26.0 Å². The van der Waals surface area contributed by atoms with Crippen LogP contribution in [0.25, 0.3) is 0 Å². The van der Waals surface area contributed by atoms with Gasteiger partial charge in [0.15, 0.2) is 0 Å². The lowest BCUT2D eigenvalue weighted by Gasteiger charge is -2.27. The third kappa shape index (κ3) is 1.80. The van der Waals surface area contributed by atoms with Crippen LogP contribution in [0.15, 0.2) is 18.2 Å². The van der Waals surface area contributed by atoms with E-state index in [1.54, 1.807) is 12.1 Å². The predicted octanol–water partition coefficient (Wildman–Crippen LogP) is 2.28. The maximum absolute atomic E-state index is 12.9. The minimum atomic E-state index is -0.122. The van der Waals surface area contributed by atoms with E-state index in [9.17, 15) is 4.39 Å². The van der Waals surface area contributed by atoms with Crippen LogP contribution < -0.4 is 5.73 Å². The highest BCUT2D eigenvalue weighted by Gasteiger charge is 2.21. The van der Waals surface area contributed by atoms with Crippen molar-refractivity contribution in [3.8, 4) is 0 Å². The van der Waals surface area contributed by atoms with Crippen LogP contribution in [0.4, 0.5) is 4.39 Å². The van der Waals surface area contributed by atoms with E-state index in [0.717, 1.165) is 19.3 Å². The summed E-state index contributed by atoms with van der Waals surface area (Å²) < 4.78 is 12.9. The van der Waals surface area contributed by atoms with E-state index in [1.807, 2.05) is 6.07 Å². The molecule has 14 heavy (non-hydrogen) atoms. The number of hydrogen-bond donors (Lipinski definition) is 1. The summed E-state index contributed by atoms with van der Waals surface area (Å²) in [5, 5.41) is 0. The van der Waals surface area contributed by atoms with Gasteiger partial charge in [-0.3, -0.25) is 0 Å². The fourth-order valence-electron chi connectivity index (χ4n) is 2.20. The van der Waals surface area contributed by atoms with Crippen molar-refractivity contribution in [2.75, 3.05) is 0 Å². The Morgan fingerprint density at radius 3 is 2.93 bits per heavy atom.